The van der Waals surface area contributed by atoms with Crippen molar-refractivity contribution in [1.82, 2.24) is 4.81 Å². The lowest BCUT2D eigenvalue weighted by Crippen LogP contribution is -2.59. The number of nitrogens with zero attached hydrogens (tertiary/aromatic N) is 1. The van der Waals surface area contributed by atoms with Gasteiger partial charge < -0.3 is 4.81 Å². The Morgan fingerprint density at radius 1 is 1.00 bits per heavy atom. The van der Waals surface area contributed by atoms with Crippen molar-refractivity contribution in [3.05, 3.63) is 41.9 Å². The molecule has 2 heteroatoms. The molecule has 17 heavy (non-hydrogen) atoms. The summed E-state index contributed by atoms with van der Waals surface area (Å²) in [6.07, 6.45) is 8.62. The largest absolute Gasteiger partial charge is 0.407 e. The standard InChI is InChI=1S/C15H23BN/c1-14(2,3)16-11-13(12-9-7-8-10-12)17(16)15(4,5)6/h7-11H,1-6H3. The van der Waals surface area contributed by atoms with E-state index in [-0.39, 0.29) is 5.54 Å². The summed E-state index contributed by atoms with van der Waals surface area (Å²) in [7, 11) is 0. The van der Waals surface area contributed by atoms with Crippen LogP contribution >= 0.6 is 0 Å². The van der Waals surface area contributed by atoms with Gasteiger partial charge in [0, 0.05) is 17.7 Å². The Hall–Kier alpha value is -0.915. The number of hydrogen-bond donors (Lipinski definition) is 0. The lowest BCUT2D eigenvalue weighted by Gasteiger charge is -2.54. The molecule has 1 aliphatic carbocycles. The SMILES string of the molecule is CC(C)(C)B1C=C(C2=CC=C[CH]2)N1C(C)(C)C. The highest BCUT2D eigenvalue weighted by atomic mass is 15.2. The van der Waals surface area contributed by atoms with Gasteiger partial charge in [0.05, 0.1) is 0 Å². The maximum atomic E-state index is 2.56. The van der Waals surface area contributed by atoms with Gasteiger partial charge in [-0.25, -0.2) is 0 Å². The van der Waals surface area contributed by atoms with Crippen molar-refractivity contribution in [2.75, 3.05) is 0 Å². The quantitative estimate of drug-likeness (QED) is 0.613. The molecule has 0 spiro atoms. The van der Waals surface area contributed by atoms with Crippen LogP contribution in [0.5, 0.6) is 0 Å². The summed E-state index contributed by atoms with van der Waals surface area (Å²) in [5, 5.41) is 0.295. The van der Waals surface area contributed by atoms with Crippen molar-refractivity contribution < 1.29 is 0 Å². The van der Waals surface area contributed by atoms with Gasteiger partial charge in [-0.2, -0.15) is 0 Å². The molecule has 0 N–H and O–H groups in total. The molecule has 0 aromatic heterocycles. The second kappa shape index (κ2) is 3.79. The monoisotopic (exact) mass is 228 g/mol. The third-order valence-electron chi connectivity index (χ3n) is 3.42. The van der Waals surface area contributed by atoms with Crippen LogP contribution in [0.1, 0.15) is 41.5 Å². The molecule has 0 unspecified atom stereocenters. The van der Waals surface area contributed by atoms with E-state index in [1.807, 2.05) is 0 Å². The van der Waals surface area contributed by atoms with Crippen molar-refractivity contribution in [2.24, 2.45) is 0 Å². The molecule has 2 rings (SSSR count). The summed E-state index contributed by atoms with van der Waals surface area (Å²) in [4.78, 5) is 2.56. The first-order chi connectivity index (χ1) is 7.71. The minimum Gasteiger partial charge on any atom is -0.407 e. The fourth-order valence-electron chi connectivity index (χ4n) is 2.57. The van der Waals surface area contributed by atoms with Crippen molar-refractivity contribution in [1.29, 1.82) is 0 Å². The molecule has 1 aliphatic heterocycles. The Labute approximate surface area is 106 Å². The van der Waals surface area contributed by atoms with E-state index in [9.17, 15) is 0 Å². The van der Waals surface area contributed by atoms with Crippen LogP contribution in [0, 0.1) is 6.42 Å². The van der Waals surface area contributed by atoms with Gasteiger partial charge in [-0.15, -0.1) is 0 Å². The molecule has 1 nitrogen and oxygen atoms in total. The molecule has 2 aliphatic rings. The molecular formula is C15H23BN. The first kappa shape index (κ1) is 12.5. The zero-order chi connectivity index (χ0) is 12.8. The molecule has 0 bridgehead atoms. The molecule has 0 saturated carbocycles. The van der Waals surface area contributed by atoms with Crippen molar-refractivity contribution in [3.8, 4) is 0 Å². The molecule has 0 saturated heterocycles. The van der Waals surface area contributed by atoms with Crippen LogP contribution in [-0.4, -0.2) is 17.2 Å². The summed E-state index contributed by atoms with van der Waals surface area (Å²) in [5.74, 6) is 2.42. The van der Waals surface area contributed by atoms with E-state index in [1.165, 1.54) is 11.3 Å². The van der Waals surface area contributed by atoms with E-state index in [0.717, 1.165) is 0 Å². The van der Waals surface area contributed by atoms with Crippen molar-refractivity contribution in [3.63, 3.8) is 0 Å². The van der Waals surface area contributed by atoms with Crippen LogP contribution < -0.4 is 0 Å². The first-order valence-electron chi connectivity index (χ1n) is 6.44. The zero-order valence-corrected chi connectivity index (χ0v) is 11.9. The van der Waals surface area contributed by atoms with Crippen LogP contribution in [0.3, 0.4) is 0 Å². The third-order valence-corrected chi connectivity index (χ3v) is 3.42. The molecule has 91 valence electrons. The van der Waals surface area contributed by atoms with Crippen LogP contribution in [0.15, 0.2) is 35.5 Å². The van der Waals surface area contributed by atoms with E-state index < -0.39 is 0 Å². The van der Waals surface area contributed by atoms with E-state index >= 15 is 0 Å². The molecule has 0 aromatic carbocycles. The molecule has 0 atom stereocenters. The Morgan fingerprint density at radius 2 is 1.65 bits per heavy atom. The summed E-state index contributed by atoms with van der Waals surface area (Å²) in [6, 6.07) is 0. The highest BCUT2D eigenvalue weighted by molar-refractivity contribution is 6.68. The molecule has 0 aromatic rings. The predicted octanol–water partition coefficient (Wildman–Crippen LogP) is 4.02. The van der Waals surface area contributed by atoms with Gasteiger partial charge in [0.1, 0.15) is 0 Å². The van der Waals surface area contributed by atoms with Crippen LogP contribution in [0.2, 0.25) is 5.31 Å². The Bertz CT molecular complexity index is 402. The van der Waals surface area contributed by atoms with E-state index in [0.29, 0.717) is 12.2 Å². The van der Waals surface area contributed by atoms with Crippen LogP contribution in [0.25, 0.3) is 0 Å². The van der Waals surface area contributed by atoms with Gasteiger partial charge in [0.15, 0.2) is 0 Å². The summed E-state index contributed by atoms with van der Waals surface area (Å²) >= 11 is 0. The van der Waals surface area contributed by atoms with E-state index in [1.54, 1.807) is 0 Å². The fourth-order valence-corrected chi connectivity index (χ4v) is 2.57. The maximum Gasteiger partial charge on any atom is 0.289 e. The second-order valence-electron chi connectivity index (χ2n) is 7.08. The van der Waals surface area contributed by atoms with E-state index in [4.69, 9.17) is 0 Å². The number of rotatable bonds is 1. The smallest absolute Gasteiger partial charge is 0.289 e. The van der Waals surface area contributed by atoms with Crippen molar-refractivity contribution in [2.45, 2.75) is 52.4 Å². The summed E-state index contributed by atoms with van der Waals surface area (Å²) < 4.78 is 0. The average Bonchev–Trinajstić information content (AvgIpc) is 2.47. The highest BCUT2D eigenvalue weighted by Crippen LogP contribution is 2.44. The van der Waals surface area contributed by atoms with Crippen LogP contribution in [0.4, 0.5) is 0 Å². The van der Waals surface area contributed by atoms with Gasteiger partial charge in [-0.05, 0) is 31.7 Å². The Balaban J connectivity index is 2.29. The minimum atomic E-state index is 0.180. The molecule has 0 fully saturated rings. The van der Waals surface area contributed by atoms with E-state index in [2.05, 4.69) is 77.0 Å². The molecule has 1 heterocycles. The lowest BCUT2D eigenvalue weighted by atomic mass is 9.37. The highest BCUT2D eigenvalue weighted by Gasteiger charge is 2.46. The lowest BCUT2D eigenvalue weighted by molar-refractivity contribution is 0.283. The third kappa shape index (κ3) is 2.22. The predicted molar refractivity (Wildman–Crippen MR) is 76.7 cm³/mol. The Kier molecular flexibility index (Phi) is 2.80. The topological polar surface area (TPSA) is 3.24 Å². The van der Waals surface area contributed by atoms with Crippen molar-refractivity contribution >= 4 is 6.85 Å². The molecule has 0 amide bonds. The second-order valence-corrected chi connectivity index (χ2v) is 7.08. The Morgan fingerprint density at radius 3 is 2.06 bits per heavy atom. The summed E-state index contributed by atoms with van der Waals surface area (Å²) in [6.45, 7) is 14.4. The molecule has 1 radical (unpaired) electrons. The average molecular weight is 228 g/mol. The van der Waals surface area contributed by atoms with Gasteiger partial charge in [-0.3, -0.25) is 0 Å². The maximum absolute atomic E-state index is 2.56. The zero-order valence-electron chi connectivity index (χ0n) is 11.9. The van der Waals surface area contributed by atoms with Gasteiger partial charge >= 0.3 is 0 Å². The van der Waals surface area contributed by atoms with Crippen LogP contribution in [-0.2, 0) is 0 Å². The normalized spacial score (nSPS) is 20.4. The van der Waals surface area contributed by atoms with Gasteiger partial charge in [0.2, 0.25) is 0 Å². The van der Waals surface area contributed by atoms with Gasteiger partial charge in [-0.1, -0.05) is 45.0 Å². The first-order valence-corrected chi connectivity index (χ1v) is 6.44. The van der Waals surface area contributed by atoms with Gasteiger partial charge in [0.25, 0.3) is 6.85 Å². The number of hydrogen-bond acceptors (Lipinski definition) is 1. The number of allylic oxidation sites excluding steroid dienone is 4. The summed E-state index contributed by atoms with van der Waals surface area (Å²) in [5.41, 5.74) is 2.92. The molecular weight excluding hydrogens is 205 g/mol. The minimum absolute atomic E-state index is 0.180. The fraction of sp³-hybridized carbons (Fsp3) is 0.533.